The van der Waals surface area contributed by atoms with Crippen molar-refractivity contribution in [3.05, 3.63) is 22.2 Å². The van der Waals surface area contributed by atoms with Crippen LogP contribution in [-0.4, -0.2) is 21.8 Å². The number of carbonyl (C=O) groups excluding carboxylic acids is 1. The third-order valence-electron chi connectivity index (χ3n) is 1.34. The highest BCUT2D eigenvalue weighted by Gasteiger charge is 2.05. The highest BCUT2D eigenvalue weighted by molar-refractivity contribution is 6.32. The first-order chi connectivity index (χ1) is 6.63. The molecule has 0 saturated heterocycles. The third kappa shape index (κ3) is 3.29. The summed E-state index contributed by atoms with van der Waals surface area (Å²) in [6.45, 7) is 0.189. The molecule has 0 atom stereocenters. The average Bonchev–Trinajstić information content (AvgIpc) is 2.16. The van der Waals surface area contributed by atoms with Crippen LogP contribution in [0, 0.1) is 0 Å². The van der Waals surface area contributed by atoms with Gasteiger partial charge in [0.1, 0.15) is 11.0 Å². The van der Waals surface area contributed by atoms with Gasteiger partial charge in [-0.1, -0.05) is 23.2 Å². The van der Waals surface area contributed by atoms with E-state index in [0.717, 1.165) is 0 Å². The minimum Gasteiger partial charge on any atom is -0.349 e. The van der Waals surface area contributed by atoms with Gasteiger partial charge in [-0.15, -0.1) is 11.6 Å². The predicted octanol–water partition coefficient (Wildman–Crippen LogP) is 1.64. The largest absolute Gasteiger partial charge is 0.349 e. The van der Waals surface area contributed by atoms with Crippen LogP contribution >= 0.6 is 34.8 Å². The van der Waals surface area contributed by atoms with Crippen molar-refractivity contribution >= 4 is 40.7 Å². The highest BCUT2D eigenvalue weighted by Crippen LogP contribution is 2.13. The second kappa shape index (κ2) is 5.34. The topological polar surface area (TPSA) is 54.9 Å². The summed E-state index contributed by atoms with van der Waals surface area (Å²) in [6.07, 6.45) is 1.36. The first-order valence-corrected chi connectivity index (χ1v) is 4.92. The van der Waals surface area contributed by atoms with Crippen molar-refractivity contribution in [3.8, 4) is 0 Å². The molecule has 0 fully saturated rings. The van der Waals surface area contributed by atoms with Gasteiger partial charge in [0.05, 0.1) is 18.4 Å². The van der Waals surface area contributed by atoms with E-state index in [0.29, 0.717) is 5.69 Å². The van der Waals surface area contributed by atoms with Gasteiger partial charge in [0, 0.05) is 0 Å². The standard InChI is InChI=1S/C7H6Cl3N3O/c8-1-6(14)12-2-4-7(10)13-5(9)3-11-4/h3H,1-2H2,(H,12,14). The minimum atomic E-state index is -0.292. The van der Waals surface area contributed by atoms with Crippen molar-refractivity contribution in [2.45, 2.75) is 6.54 Å². The van der Waals surface area contributed by atoms with Gasteiger partial charge in [-0.3, -0.25) is 9.78 Å². The molecule has 1 heterocycles. The monoisotopic (exact) mass is 253 g/mol. The normalized spacial score (nSPS) is 9.93. The summed E-state index contributed by atoms with van der Waals surface area (Å²) in [5, 5.41) is 2.89. The van der Waals surface area contributed by atoms with Crippen LogP contribution in [0.4, 0.5) is 0 Å². The lowest BCUT2D eigenvalue weighted by atomic mass is 10.4. The molecule has 0 radical (unpaired) electrons. The molecule has 1 aromatic rings. The number of carbonyl (C=O) groups is 1. The molecular weight excluding hydrogens is 248 g/mol. The summed E-state index contributed by atoms with van der Waals surface area (Å²) in [4.78, 5) is 18.5. The maximum Gasteiger partial charge on any atom is 0.235 e. The smallest absolute Gasteiger partial charge is 0.235 e. The van der Waals surface area contributed by atoms with E-state index in [1.807, 2.05) is 0 Å². The fraction of sp³-hybridized carbons (Fsp3) is 0.286. The van der Waals surface area contributed by atoms with Crippen LogP contribution in [0.3, 0.4) is 0 Å². The third-order valence-corrected chi connectivity index (χ3v) is 2.07. The maximum absolute atomic E-state index is 10.8. The molecule has 7 heteroatoms. The number of aromatic nitrogens is 2. The van der Waals surface area contributed by atoms with Gasteiger partial charge in [-0.25, -0.2) is 4.98 Å². The van der Waals surface area contributed by atoms with Gasteiger partial charge in [0.25, 0.3) is 0 Å². The second-order valence-electron chi connectivity index (χ2n) is 2.34. The van der Waals surface area contributed by atoms with Gasteiger partial charge in [-0.05, 0) is 0 Å². The first-order valence-electron chi connectivity index (χ1n) is 3.63. The van der Waals surface area contributed by atoms with Crippen molar-refractivity contribution in [1.29, 1.82) is 0 Å². The zero-order valence-corrected chi connectivity index (χ0v) is 9.20. The molecule has 1 N–H and O–H groups in total. The maximum atomic E-state index is 10.8. The number of alkyl halides is 1. The molecule has 0 saturated carbocycles. The molecule has 4 nitrogen and oxygen atoms in total. The molecule has 0 aromatic carbocycles. The molecule has 14 heavy (non-hydrogen) atoms. The molecule has 1 amide bonds. The molecule has 0 aliphatic rings. The van der Waals surface area contributed by atoms with Crippen LogP contribution in [0.25, 0.3) is 0 Å². The Labute approximate surface area is 95.6 Å². The Morgan fingerprint density at radius 1 is 1.50 bits per heavy atom. The van der Waals surface area contributed by atoms with Crippen molar-refractivity contribution in [3.63, 3.8) is 0 Å². The minimum absolute atomic E-state index is 0.0986. The van der Waals surface area contributed by atoms with Crippen LogP contribution in [0.5, 0.6) is 0 Å². The van der Waals surface area contributed by atoms with Crippen molar-refractivity contribution in [2.24, 2.45) is 0 Å². The van der Waals surface area contributed by atoms with Crippen molar-refractivity contribution in [1.82, 2.24) is 15.3 Å². The van der Waals surface area contributed by atoms with Crippen LogP contribution in [-0.2, 0) is 11.3 Å². The highest BCUT2D eigenvalue weighted by atomic mass is 35.5. The van der Waals surface area contributed by atoms with Gasteiger partial charge in [-0.2, -0.15) is 0 Å². The summed E-state index contributed by atoms with van der Waals surface area (Å²) in [5.74, 6) is -0.391. The molecular formula is C7H6Cl3N3O. The zero-order valence-electron chi connectivity index (χ0n) is 6.93. The number of nitrogens with one attached hydrogen (secondary N) is 1. The molecule has 1 aromatic heterocycles. The van der Waals surface area contributed by atoms with Gasteiger partial charge < -0.3 is 5.32 Å². The fourth-order valence-corrected chi connectivity index (χ4v) is 1.20. The van der Waals surface area contributed by atoms with Crippen molar-refractivity contribution < 1.29 is 4.79 Å². The number of hydrogen-bond acceptors (Lipinski definition) is 3. The summed E-state index contributed by atoms with van der Waals surface area (Å²) in [6, 6.07) is 0. The molecule has 76 valence electrons. The van der Waals surface area contributed by atoms with Gasteiger partial charge in [0.2, 0.25) is 5.91 Å². The zero-order chi connectivity index (χ0) is 10.6. The Balaban J connectivity index is 2.63. The van der Waals surface area contributed by atoms with Crippen LogP contribution in [0.15, 0.2) is 6.20 Å². The number of nitrogens with zero attached hydrogens (tertiary/aromatic N) is 2. The lowest BCUT2D eigenvalue weighted by Crippen LogP contribution is -2.24. The number of hydrogen-bond donors (Lipinski definition) is 1. The van der Waals surface area contributed by atoms with E-state index < -0.39 is 0 Å². The fourth-order valence-electron chi connectivity index (χ4n) is 0.720. The Hall–Kier alpha value is -0.580. The Morgan fingerprint density at radius 3 is 2.79 bits per heavy atom. The van der Waals surface area contributed by atoms with E-state index in [1.54, 1.807) is 0 Å². The van der Waals surface area contributed by atoms with Gasteiger partial charge in [0.15, 0.2) is 5.15 Å². The van der Waals surface area contributed by atoms with Crippen molar-refractivity contribution in [2.75, 3.05) is 5.88 Å². The summed E-state index contributed by atoms with van der Waals surface area (Å²) in [5.41, 5.74) is 0.453. The molecule has 0 aliphatic heterocycles. The lowest BCUT2D eigenvalue weighted by molar-refractivity contribution is -0.118. The summed E-state index contributed by atoms with van der Waals surface area (Å²) >= 11 is 16.5. The molecule has 0 unspecified atom stereocenters. The van der Waals surface area contributed by atoms with Crippen LogP contribution in [0.1, 0.15) is 5.69 Å². The molecule has 0 aliphatic carbocycles. The van der Waals surface area contributed by atoms with E-state index in [2.05, 4.69) is 15.3 Å². The van der Waals surface area contributed by atoms with E-state index in [4.69, 9.17) is 34.8 Å². The number of amides is 1. The summed E-state index contributed by atoms with van der Waals surface area (Å²) < 4.78 is 0. The quantitative estimate of drug-likeness (QED) is 0.834. The first kappa shape index (κ1) is 11.5. The van der Waals surface area contributed by atoms with Gasteiger partial charge >= 0.3 is 0 Å². The van der Waals surface area contributed by atoms with Crippen LogP contribution < -0.4 is 5.32 Å². The second-order valence-corrected chi connectivity index (χ2v) is 3.35. The molecule has 1 rings (SSSR count). The van der Waals surface area contributed by atoms with E-state index in [-0.39, 0.29) is 28.6 Å². The average molecular weight is 255 g/mol. The Bertz CT molecular complexity index is 345. The van der Waals surface area contributed by atoms with E-state index >= 15 is 0 Å². The SMILES string of the molecule is O=C(CCl)NCc1ncc(Cl)nc1Cl. The lowest BCUT2D eigenvalue weighted by Gasteiger charge is -2.03. The van der Waals surface area contributed by atoms with E-state index in [1.165, 1.54) is 6.20 Å². The van der Waals surface area contributed by atoms with E-state index in [9.17, 15) is 4.79 Å². The Morgan fingerprint density at radius 2 is 2.21 bits per heavy atom. The molecule has 0 spiro atoms. The number of rotatable bonds is 3. The Kier molecular flexibility index (Phi) is 4.38. The number of halogens is 3. The van der Waals surface area contributed by atoms with Crippen LogP contribution in [0.2, 0.25) is 10.3 Å². The predicted molar refractivity (Wildman–Crippen MR) is 54.6 cm³/mol. The summed E-state index contributed by atoms with van der Waals surface area (Å²) in [7, 11) is 0. The molecule has 0 bridgehead atoms.